The summed E-state index contributed by atoms with van der Waals surface area (Å²) < 4.78 is 0. The molecule has 2 atom stereocenters. The Morgan fingerprint density at radius 1 is 1.41 bits per heavy atom. The van der Waals surface area contributed by atoms with Crippen molar-refractivity contribution in [1.82, 2.24) is 5.32 Å². The maximum atomic E-state index is 11.4. The molecule has 0 aromatic carbocycles. The van der Waals surface area contributed by atoms with Crippen LogP contribution in [0.4, 0.5) is 0 Å². The second-order valence-electron chi connectivity index (χ2n) is 4.55. The van der Waals surface area contributed by atoms with Gasteiger partial charge in [0.05, 0.1) is 0 Å². The number of aliphatic carboxylic acids is 1. The van der Waals surface area contributed by atoms with Crippen LogP contribution in [0.2, 0.25) is 0 Å². The highest BCUT2D eigenvalue weighted by molar-refractivity contribution is 5.75. The average Bonchev–Trinajstić information content (AvgIpc) is 2.23. The Morgan fingerprint density at radius 2 is 2.06 bits per heavy atom. The van der Waals surface area contributed by atoms with Crippen molar-refractivity contribution in [3.63, 3.8) is 0 Å². The molecule has 17 heavy (non-hydrogen) atoms. The minimum absolute atomic E-state index is 0.0184. The van der Waals surface area contributed by atoms with Crippen molar-refractivity contribution in [3.05, 3.63) is 0 Å². The maximum Gasteiger partial charge on any atom is 0.303 e. The molecule has 0 aliphatic rings. The Hall–Kier alpha value is -1.10. The van der Waals surface area contributed by atoms with Crippen molar-refractivity contribution in [2.75, 3.05) is 6.54 Å². The number of carboxylic acid groups (broad SMARTS) is 1. The van der Waals surface area contributed by atoms with Gasteiger partial charge in [-0.25, -0.2) is 0 Å². The van der Waals surface area contributed by atoms with E-state index in [0.29, 0.717) is 13.0 Å². The Bertz CT molecular complexity index is 242. The molecule has 5 heteroatoms. The molecule has 5 nitrogen and oxygen atoms in total. The molecule has 0 fully saturated rings. The largest absolute Gasteiger partial charge is 0.481 e. The number of amides is 1. The van der Waals surface area contributed by atoms with Gasteiger partial charge < -0.3 is 16.2 Å². The lowest BCUT2D eigenvalue weighted by atomic mass is 10.0. The summed E-state index contributed by atoms with van der Waals surface area (Å²) >= 11 is 0. The number of nitrogens with one attached hydrogen (secondary N) is 1. The van der Waals surface area contributed by atoms with Gasteiger partial charge in [-0.2, -0.15) is 0 Å². The topological polar surface area (TPSA) is 92.4 Å². The van der Waals surface area contributed by atoms with Gasteiger partial charge in [-0.1, -0.05) is 13.3 Å². The molecule has 0 aliphatic carbocycles. The number of hydrogen-bond acceptors (Lipinski definition) is 3. The lowest BCUT2D eigenvalue weighted by Gasteiger charge is -2.13. The molecule has 4 N–H and O–H groups in total. The summed E-state index contributed by atoms with van der Waals surface area (Å²) in [4.78, 5) is 22.0. The van der Waals surface area contributed by atoms with E-state index in [9.17, 15) is 9.59 Å². The van der Waals surface area contributed by atoms with Gasteiger partial charge in [0, 0.05) is 25.4 Å². The van der Waals surface area contributed by atoms with Crippen molar-refractivity contribution in [1.29, 1.82) is 0 Å². The smallest absolute Gasteiger partial charge is 0.303 e. The maximum absolute atomic E-state index is 11.4. The highest BCUT2D eigenvalue weighted by Gasteiger charge is 2.12. The monoisotopic (exact) mass is 244 g/mol. The van der Waals surface area contributed by atoms with Gasteiger partial charge in [0.2, 0.25) is 5.91 Å². The van der Waals surface area contributed by atoms with Gasteiger partial charge in [0.1, 0.15) is 0 Å². The molecular weight excluding hydrogens is 220 g/mol. The van der Waals surface area contributed by atoms with Crippen LogP contribution in [-0.2, 0) is 9.59 Å². The van der Waals surface area contributed by atoms with Crippen molar-refractivity contribution >= 4 is 11.9 Å². The van der Waals surface area contributed by atoms with Crippen molar-refractivity contribution < 1.29 is 14.7 Å². The summed E-state index contributed by atoms with van der Waals surface area (Å²) in [5.41, 5.74) is 5.58. The number of carbonyl (C=O) groups excluding carboxylic acids is 1. The quantitative estimate of drug-likeness (QED) is 0.566. The van der Waals surface area contributed by atoms with Gasteiger partial charge in [0.15, 0.2) is 0 Å². The molecule has 0 aromatic heterocycles. The van der Waals surface area contributed by atoms with Crippen LogP contribution in [0.3, 0.4) is 0 Å². The first-order chi connectivity index (χ1) is 7.95. The first-order valence-corrected chi connectivity index (χ1v) is 6.19. The summed E-state index contributed by atoms with van der Waals surface area (Å²) in [6.45, 7) is 4.29. The summed E-state index contributed by atoms with van der Waals surface area (Å²) in [6, 6.07) is 0.123. The summed E-state index contributed by atoms with van der Waals surface area (Å²) in [7, 11) is 0. The minimum atomic E-state index is -0.817. The molecular formula is C12H24N2O3. The van der Waals surface area contributed by atoms with Crippen LogP contribution in [0.5, 0.6) is 0 Å². The second kappa shape index (κ2) is 8.98. The number of carbonyl (C=O) groups is 2. The zero-order valence-electron chi connectivity index (χ0n) is 10.7. The molecule has 0 saturated heterocycles. The zero-order chi connectivity index (χ0) is 13.3. The molecule has 0 aromatic rings. The van der Waals surface area contributed by atoms with E-state index in [-0.39, 0.29) is 24.3 Å². The summed E-state index contributed by atoms with van der Waals surface area (Å²) in [5.74, 6) is -0.817. The van der Waals surface area contributed by atoms with E-state index in [0.717, 1.165) is 19.3 Å². The molecule has 0 bridgehead atoms. The lowest BCUT2D eigenvalue weighted by molar-refractivity contribution is -0.138. The van der Waals surface area contributed by atoms with Crippen LogP contribution in [-0.4, -0.2) is 29.6 Å². The molecule has 0 radical (unpaired) electrons. The molecule has 100 valence electrons. The predicted molar refractivity (Wildman–Crippen MR) is 66.5 cm³/mol. The molecule has 0 aliphatic heterocycles. The van der Waals surface area contributed by atoms with E-state index in [4.69, 9.17) is 10.8 Å². The third-order valence-corrected chi connectivity index (χ3v) is 2.69. The van der Waals surface area contributed by atoms with Crippen LogP contribution in [0.15, 0.2) is 0 Å². The number of carboxylic acids is 1. The highest BCUT2D eigenvalue weighted by atomic mass is 16.4. The van der Waals surface area contributed by atoms with E-state index in [2.05, 4.69) is 5.32 Å². The number of rotatable bonds is 9. The third kappa shape index (κ3) is 9.81. The van der Waals surface area contributed by atoms with Crippen molar-refractivity contribution in [2.45, 2.75) is 52.0 Å². The molecule has 1 amide bonds. The standard InChI is InChI=1S/C12H24N2O3/c1-3-10(7-12(16)17)8-14-11(15)6-4-5-9(2)13/h9-10H,3-8,13H2,1-2H3,(H,14,15)(H,16,17). The average molecular weight is 244 g/mol. The van der Waals surface area contributed by atoms with Gasteiger partial charge in [-0.05, 0) is 25.7 Å². The molecule has 2 unspecified atom stereocenters. The fourth-order valence-corrected chi connectivity index (χ4v) is 1.54. The van der Waals surface area contributed by atoms with E-state index < -0.39 is 5.97 Å². The first-order valence-electron chi connectivity index (χ1n) is 6.19. The van der Waals surface area contributed by atoms with Gasteiger partial charge in [-0.3, -0.25) is 9.59 Å². The first kappa shape index (κ1) is 15.9. The van der Waals surface area contributed by atoms with Crippen molar-refractivity contribution in [3.8, 4) is 0 Å². The van der Waals surface area contributed by atoms with Crippen LogP contribution in [0, 0.1) is 5.92 Å². The molecule has 0 saturated carbocycles. The van der Waals surface area contributed by atoms with Crippen LogP contribution in [0.1, 0.15) is 46.0 Å². The molecule has 0 rings (SSSR count). The zero-order valence-corrected chi connectivity index (χ0v) is 10.7. The molecule has 0 spiro atoms. The lowest BCUT2D eigenvalue weighted by Crippen LogP contribution is -2.30. The molecule has 0 heterocycles. The van der Waals surface area contributed by atoms with Crippen LogP contribution >= 0.6 is 0 Å². The van der Waals surface area contributed by atoms with Gasteiger partial charge in [-0.15, -0.1) is 0 Å². The number of nitrogens with two attached hydrogens (primary N) is 1. The van der Waals surface area contributed by atoms with E-state index >= 15 is 0 Å². The highest BCUT2D eigenvalue weighted by Crippen LogP contribution is 2.07. The summed E-state index contributed by atoms with van der Waals surface area (Å²) in [5, 5.41) is 11.4. The van der Waals surface area contributed by atoms with E-state index in [1.54, 1.807) is 0 Å². The Morgan fingerprint density at radius 3 is 2.53 bits per heavy atom. The van der Waals surface area contributed by atoms with Gasteiger partial charge >= 0.3 is 5.97 Å². The minimum Gasteiger partial charge on any atom is -0.481 e. The van der Waals surface area contributed by atoms with Crippen LogP contribution in [0.25, 0.3) is 0 Å². The van der Waals surface area contributed by atoms with E-state index in [1.807, 2.05) is 13.8 Å². The Kier molecular flexibility index (Phi) is 8.40. The summed E-state index contributed by atoms with van der Waals surface area (Å²) in [6.07, 6.45) is 2.94. The Labute approximate surface area is 103 Å². The predicted octanol–water partition coefficient (Wildman–Crippen LogP) is 1.12. The van der Waals surface area contributed by atoms with Crippen molar-refractivity contribution in [2.24, 2.45) is 11.7 Å². The van der Waals surface area contributed by atoms with Gasteiger partial charge in [0.25, 0.3) is 0 Å². The Balaban J connectivity index is 3.69. The fraction of sp³-hybridized carbons (Fsp3) is 0.833. The fourth-order valence-electron chi connectivity index (χ4n) is 1.54. The SMILES string of the molecule is CCC(CNC(=O)CCCC(C)N)CC(=O)O. The third-order valence-electron chi connectivity index (χ3n) is 2.69. The van der Waals surface area contributed by atoms with Crippen LogP contribution < -0.4 is 11.1 Å². The van der Waals surface area contributed by atoms with E-state index in [1.165, 1.54) is 0 Å². The second-order valence-corrected chi connectivity index (χ2v) is 4.55. The normalized spacial score (nSPS) is 14.1. The number of hydrogen-bond donors (Lipinski definition) is 3.